The van der Waals surface area contributed by atoms with Crippen molar-refractivity contribution in [2.24, 2.45) is 0 Å². The molecule has 0 unspecified atom stereocenters. The molecule has 0 saturated carbocycles. The molecular weight excluding hydrogens is 218 g/mol. The fourth-order valence-corrected chi connectivity index (χ4v) is 1.08. The molecule has 0 saturated heterocycles. The van der Waals surface area contributed by atoms with Crippen LogP contribution in [-0.4, -0.2) is 15.5 Å². The van der Waals surface area contributed by atoms with Crippen LogP contribution in [-0.2, 0) is 0 Å². The van der Waals surface area contributed by atoms with Gasteiger partial charge in [-0.15, -0.1) is 0 Å². The summed E-state index contributed by atoms with van der Waals surface area (Å²) in [4.78, 5) is 7.97. The highest BCUT2D eigenvalue weighted by Gasteiger charge is 2.11. The van der Waals surface area contributed by atoms with Crippen molar-refractivity contribution in [3.8, 4) is 0 Å². The number of hydrogen-bond acceptors (Lipinski definition) is 3. The van der Waals surface area contributed by atoms with Crippen LogP contribution in [0.1, 0.15) is 20.8 Å². The summed E-state index contributed by atoms with van der Waals surface area (Å²) in [5.41, 5.74) is 0.0247. The fraction of sp³-hybridized carbons (Fsp3) is 0.500. The molecule has 0 aliphatic carbocycles. The van der Waals surface area contributed by atoms with Crippen molar-refractivity contribution in [1.82, 2.24) is 9.97 Å². The molecule has 0 spiro atoms. The summed E-state index contributed by atoms with van der Waals surface area (Å²) < 4.78 is 0.889. The van der Waals surface area contributed by atoms with E-state index >= 15 is 0 Å². The van der Waals surface area contributed by atoms with Gasteiger partial charge in [0.1, 0.15) is 12.1 Å². The zero-order chi connectivity index (χ0) is 9.19. The third kappa shape index (κ3) is 2.77. The van der Waals surface area contributed by atoms with E-state index in [0.29, 0.717) is 0 Å². The van der Waals surface area contributed by atoms with Gasteiger partial charge in [0.2, 0.25) is 0 Å². The Labute approximate surface area is 80.7 Å². The molecule has 0 atom stereocenters. The normalized spacial score (nSPS) is 11.3. The first-order valence-electron chi connectivity index (χ1n) is 3.73. The largest absolute Gasteiger partial charge is 0.364 e. The van der Waals surface area contributed by atoms with E-state index in [9.17, 15) is 0 Å². The number of aromatic nitrogens is 2. The number of nitrogens with one attached hydrogen (secondary N) is 1. The van der Waals surface area contributed by atoms with Crippen molar-refractivity contribution in [2.45, 2.75) is 26.3 Å². The van der Waals surface area contributed by atoms with Crippen LogP contribution in [0.4, 0.5) is 5.82 Å². The van der Waals surface area contributed by atoms with Gasteiger partial charge in [0.15, 0.2) is 0 Å². The average Bonchev–Trinajstić information content (AvgIpc) is 1.91. The van der Waals surface area contributed by atoms with Gasteiger partial charge in [0.05, 0.1) is 4.47 Å². The topological polar surface area (TPSA) is 37.8 Å². The van der Waals surface area contributed by atoms with Gasteiger partial charge in [0, 0.05) is 11.7 Å². The molecule has 0 aromatic carbocycles. The molecule has 0 bridgehead atoms. The van der Waals surface area contributed by atoms with E-state index in [1.54, 1.807) is 6.20 Å². The quantitative estimate of drug-likeness (QED) is 0.805. The molecule has 0 amide bonds. The standard InChI is InChI=1S/C8H12BrN3/c1-8(2,3)12-7-6(9)4-10-5-11-7/h4-5H,1-3H3,(H,10,11,12). The second-order valence-electron chi connectivity index (χ2n) is 3.59. The molecule has 1 aromatic heterocycles. The summed E-state index contributed by atoms with van der Waals surface area (Å²) in [6.45, 7) is 6.25. The summed E-state index contributed by atoms with van der Waals surface area (Å²) in [6, 6.07) is 0. The molecule has 1 rings (SSSR count). The van der Waals surface area contributed by atoms with E-state index in [1.165, 1.54) is 6.33 Å². The molecular formula is C8H12BrN3. The first-order valence-corrected chi connectivity index (χ1v) is 4.52. The highest BCUT2D eigenvalue weighted by atomic mass is 79.9. The predicted octanol–water partition coefficient (Wildman–Crippen LogP) is 2.45. The average molecular weight is 230 g/mol. The lowest BCUT2D eigenvalue weighted by atomic mass is 10.1. The molecule has 1 N–H and O–H groups in total. The maximum Gasteiger partial charge on any atom is 0.144 e. The Morgan fingerprint density at radius 1 is 1.42 bits per heavy atom. The van der Waals surface area contributed by atoms with Gasteiger partial charge in [-0.3, -0.25) is 0 Å². The Morgan fingerprint density at radius 3 is 2.58 bits per heavy atom. The summed E-state index contributed by atoms with van der Waals surface area (Å²) in [6.07, 6.45) is 3.25. The van der Waals surface area contributed by atoms with Crippen molar-refractivity contribution in [3.63, 3.8) is 0 Å². The van der Waals surface area contributed by atoms with Crippen molar-refractivity contribution in [2.75, 3.05) is 5.32 Å². The van der Waals surface area contributed by atoms with Gasteiger partial charge < -0.3 is 5.32 Å². The molecule has 0 aliphatic rings. The molecule has 0 aliphatic heterocycles. The second kappa shape index (κ2) is 3.39. The number of hydrogen-bond donors (Lipinski definition) is 1. The molecule has 1 aromatic rings. The Kier molecular flexibility index (Phi) is 2.67. The third-order valence-electron chi connectivity index (χ3n) is 1.16. The third-order valence-corrected chi connectivity index (χ3v) is 1.74. The van der Waals surface area contributed by atoms with Crippen LogP contribution in [0.5, 0.6) is 0 Å². The van der Waals surface area contributed by atoms with Crippen LogP contribution in [0.25, 0.3) is 0 Å². The Balaban J connectivity index is 2.83. The second-order valence-corrected chi connectivity index (χ2v) is 4.45. The lowest BCUT2D eigenvalue weighted by molar-refractivity contribution is 0.629. The lowest BCUT2D eigenvalue weighted by Crippen LogP contribution is -2.26. The zero-order valence-electron chi connectivity index (χ0n) is 7.43. The maximum atomic E-state index is 4.09. The zero-order valence-corrected chi connectivity index (χ0v) is 9.01. The van der Waals surface area contributed by atoms with Crippen LogP contribution >= 0.6 is 15.9 Å². The summed E-state index contributed by atoms with van der Waals surface area (Å²) in [5.74, 6) is 0.831. The van der Waals surface area contributed by atoms with E-state index in [4.69, 9.17) is 0 Å². The van der Waals surface area contributed by atoms with Gasteiger partial charge in [-0.1, -0.05) is 0 Å². The number of rotatable bonds is 1. The van der Waals surface area contributed by atoms with Crippen LogP contribution < -0.4 is 5.32 Å². The van der Waals surface area contributed by atoms with Crippen LogP contribution in [0, 0.1) is 0 Å². The van der Waals surface area contributed by atoms with Crippen LogP contribution in [0.3, 0.4) is 0 Å². The van der Waals surface area contributed by atoms with Gasteiger partial charge in [-0.25, -0.2) is 9.97 Å². The lowest BCUT2D eigenvalue weighted by Gasteiger charge is -2.21. The fourth-order valence-electron chi connectivity index (χ4n) is 0.760. The van der Waals surface area contributed by atoms with Crippen molar-refractivity contribution in [3.05, 3.63) is 17.0 Å². The SMILES string of the molecule is CC(C)(C)Nc1ncncc1Br. The summed E-state index contributed by atoms with van der Waals surface area (Å²) in [5, 5.41) is 3.25. The first kappa shape index (κ1) is 9.45. The van der Waals surface area contributed by atoms with Gasteiger partial charge >= 0.3 is 0 Å². The van der Waals surface area contributed by atoms with E-state index in [-0.39, 0.29) is 5.54 Å². The summed E-state index contributed by atoms with van der Waals surface area (Å²) in [7, 11) is 0. The Morgan fingerprint density at radius 2 is 2.08 bits per heavy atom. The smallest absolute Gasteiger partial charge is 0.144 e. The van der Waals surface area contributed by atoms with Gasteiger partial charge in [0.25, 0.3) is 0 Å². The van der Waals surface area contributed by atoms with Crippen molar-refractivity contribution in [1.29, 1.82) is 0 Å². The van der Waals surface area contributed by atoms with E-state index in [0.717, 1.165) is 10.3 Å². The molecule has 3 nitrogen and oxygen atoms in total. The Bertz CT molecular complexity index is 267. The van der Waals surface area contributed by atoms with Crippen LogP contribution in [0.2, 0.25) is 0 Å². The molecule has 12 heavy (non-hydrogen) atoms. The molecule has 0 fully saturated rings. The predicted molar refractivity (Wildman–Crippen MR) is 53.1 cm³/mol. The number of nitrogens with zero attached hydrogens (tertiary/aromatic N) is 2. The maximum absolute atomic E-state index is 4.09. The van der Waals surface area contributed by atoms with Gasteiger partial charge in [-0.05, 0) is 36.7 Å². The number of anilines is 1. The molecule has 0 radical (unpaired) electrons. The van der Waals surface area contributed by atoms with Gasteiger partial charge in [-0.2, -0.15) is 0 Å². The van der Waals surface area contributed by atoms with E-state index in [1.807, 2.05) is 0 Å². The molecule has 66 valence electrons. The van der Waals surface area contributed by atoms with E-state index in [2.05, 4.69) is 52.0 Å². The Hall–Kier alpha value is -0.640. The monoisotopic (exact) mass is 229 g/mol. The number of halogens is 1. The molecule has 1 heterocycles. The minimum Gasteiger partial charge on any atom is -0.364 e. The highest BCUT2D eigenvalue weighted by Crippen LogP contribution is 2.20. The minimum atomic E-state index is 0.0247. The molecule has 4 heteroatoms. The van der Waals surface area contributed by atoms with Crippen molar-refractivity contribution >= 4 is 21.7 Å². The van der Waals surface area contributed by atoms with Crippen molar-refractivity contribution < 1.29 is 0 Å². The van der Waals surface area contributed by atoms with E-state index < -0.39 is 0 Å². The minimum absolute atomic E-state index is 0.0247. The van der Waals surface area contributed by atoms with Crippen LogP contribution in [0.15, 0.2) is 17.0 Å². The highest BCUT2D eigenvalue weighted by molar-refractivity contribution is 9.10. The first-order chi connectivity index (χ1) is 5.49. The summed E-state index contributed by atoms with van der Waals surface area (Å²) >= 11 is 3.36.